The van der Waals surface area contributed by atoms with Gasteiger partial charge in [0.15, 0.2) is 0 Å². The van der Waals surface area contributed by atoms with Crippen LogP contribution in [0.1, 0.15) is 6.42 Å². The summed E-state index contributed by atoms with van der Waals surface area (Å²) in [6.07, 6.45) is -11.6. The van der Waals surface area contributed by atoms with Gasteiger partial charge in [0.25, 0.3) is 0 Å². The van der Waals surface area contributed by atoms with E-state index < -0.39 is 136 Å². The number of hydrogen-bond donors (Lipinski definition) is 0. The molecule has 0 aromatic rings. The summed E-state index contributed by atoms with van der Waals surface area (Å²) in [5.41, 5.74) is 0. The summed E-state index contributed by atoms with van der Waals surface area (Å²) in [6, 6.07) is 0. The number of alkyl halides is 33. The molecule has 0 aromatic heterocycles. The Morgan fingerprint density at radius 1 is 0.444 bits per heavy atom. The maximum atomic E-state index is 14.2. The molecule has 5 nitrogen and oxygen atoms in total. The van der Waals surface area contributed by atoms with Crippen molar-refractivity contribution in [2.75, 3.05) is 26.0 Å². The van der Waals surface area contributed by atoms with Gasteiger partial charge in [0.2, 0.25) is 10.0 Å². The van der Waals surface area contributed by atoms with Gasteiger partial charge in [-0.1, -0.05) is 6.58 Å². The van der Waals surface area contributed by atoms with Gasteiger partial charge >= 0.3 is 101 Å². The third-order valence-corrected chi connectivity index (χ3v) is 9.76. The van der Waals surface area contributed by atoms with Crippen molar-refractivity contribution in [2.24, 2.45) is 0 Å². The lowest BCUT2D eigenvalue weighted by molar-refractivity contribution is -0.491. The van der Waals surface area contributed by atoms with Gasteiger partial charge in [-0.2, -0.15) is 145 Å². The molecule has 0 rings (SSSR count). The smallest absolute Gasteiger partial charge is 0.460 e. The van der Waals surface area contributed by atoms with Crippen molar-refractivity contribution in [2.45, 2.75) is 101 Å². The Bertz CT molecular complexity index is 1780. The predicted molar refractivity (Wildman–Crippen MR) is 132 cm³/mol. The molecule has 0 bridgehead atoms. The third-order valence-electron chi connectivity index (χ3n) is 7.91. The summed E-state index contributed by atoms with van der Waals surface area (Å²) in [5, 5.41) is 0. The van der Waals surface area contributed by atoms with E-state index in [0.717, 1.165) is 0 Å². The number of rotatable bonds is 22. The van der Waals surface area contributed by atoms with Crippen molar-refractivity contribution < 1.29 is 163 Å². The monoisotopic (exact) mass is 1040 g/mol. The fraction of sp³-hybridized carbons (Fsp3) is 0.875. The van der Waals surface area contributed by atoms with Crippen LogP contribution in [0.5, 0.6) is 0 Å². The van der Waals surface area contributed by atoms with E-state index >= 15 is 0 Å². The van der Waals surface area contributed by atoms with E-state index in [2.05, 4.69) is 11.3 Å². The highest BCUT2D eigenvalue weighted by Gasteiger charge is 3.01. The number of sulfonamides is 1. The zero-order valence-corrected chi connectivity index (χ0v) is 29.4. The highest BCUT2D eigenvalue weighted by molar-refractivity contribution is 7.89. The summed E-state index contributed by atoms with van der Waals surface area (Å²) in [5.74, 6) is -149. The van der Waals surface area contributed by atoms with Gasteiger partial charge in [-0.15, -0.1) is 0 Å². The number of carbonyl (C=O) groups is 1. The Labute approximate surface area is 324 Å². The van der Waals surface area contributed by atoms with Crippen LogP contribution in [-0.2, 0) is 19.6 Å². The predicted octanol–water partition coefficient (Wildman–Crippen LogP) is 10.5. The molecule has 0 fully saturated rings. The van der Waals surface area contributed by atoms with Crippen molar-refractivity contribution in [1.82, 2.24) is 4.31 Å². The second kappa shape index (κ2) is 16.0. The van der Waals surface area contributed by atoms with E-state index in [-0.39, 0.29) is 11.4 Å². The minimum atomic E-state index is -10.3. The van der Waals surface area contributed by atoms with Crippen LogP contribution in [0, 0.1) is 0 Å². The molecule has 0 radical (unpaired) electrons. The maximum Gasteiger partial charge on any atom is 0.460 e. The van der Waals surface area contributed by atoms with Crippen LogP contribution in [0.3, 0.4) is 0 Å². The third kappa shape index (κ3) is 8.13. The first kappa shape index (κ1) is 59.8. The topological polar surface area (TPSA) is 63.7 Å². The Hall–Kier alpha value is -3.19. The average Bonchev–Trinajstić information content (AvgIpc) is 3.08. The van der Waals surface area contributed by atoms with E-state index in [0.29, 0.717) is 6.08 Å². The van der Waals surface area contributed by atoms with E-state index in [1.807, 2.05) is 0 Å². The van der Waals surface area contributed by atoms with Crippen LogP contribution >= 0.6 is 0 Å². The molecule has 376 valence electrons. The molecule has 0 aliphatic heterocycles. The van der Waals surface area contributed by atoms with Gasteiger partial charge in [-0.3, -0.25) is 0 Å². The van der Waals surface area contributed by atoms with Crippen LogP contribution < -0.4 is 0 Å². The van der Waals surface area contributed by atoms with Crippen molar-refractivity contribution in [3.63, 3.8) is 0 Å². The molecule has 63 heavy (non-hydrogen) atoms. The quantitative estimate of drug-likeness (QED) is 0.0616. The SMILES string of the molecule is C=CC(=O)OCCN(C)S(=O)(=O)CCC(F)(F)C(F)(F)C(F)(F)C(F)(F)C(F)(F)C(F)(F)C(F)(F)C(F)(F)C(F)(F)C(F)(F)C(F)(F)C(F)(F)C(F)(F)C(F)(F)C(F)(F)C(F)(F)F. The maximum absolute atomic E-state index is 14.2. The first-order valence-electron chi connectivity index (χ1n) is 14.3. The van der Waals surface area contributed by atoms with Crippen LogP contribution in [0.4, 0.5) is 145 Å². The van der Waals surface area contributed by atoms with Gasteiger partial charge in [0.05, 0.1) is 5.75 Å². The molecule has 0 heterocycles. The number of carbonyl (C=O) groups excluding carboxylic acids is 1. The van der Waals surface area contributed by atoms with Crippen molar-refractivity contribution >= 4 is 16.0 Å². The van der Waals surface area contributed by atoms with Crippen LogP contribution in [0.25, 0.3) is 0 Å². The molecule has 0 aliphatic carbocycles. The Balaban J connectivity index is 7.43. The highest BCUT2D eigenvalue weighted by Crippen LogP contribution is 2.70. The van der Waals surface area contributed by atoms with Gasteiger partial charge in [0.1, 0.15) is 6.61 Å². The minimum absolute atomic E-state index is 0.244. The molecular formula is C24H14F33NO4S. The molecule has 0 aliphatic rings. The standard InChI is InChI=1S/C24H14F33NO4S/c1-3-8(59)62-6-5-58(2)63(60,61)7-4-9(25,26)10(27,28)11(29,30)12(31,32)13(33,34)14(35,36)15(37,38)16(39,40)17(41,42)18(43,44)19(45,46)20(47,48)21(49,50)22(51,52)23(53,54)24(55,56)57/h3H,1,4-7H2,2H3. The molecule has 0 saturated heterocycles. The average molecular weight is 1040 g/mol. The first-order chi connectivity index (χ1) is 26.8. The largest absolute Gasteiger partial charge is 0.461 e. The number of hydrogen-bond acceptors (Lipinski definition) is 4. The van der Waals surface area contributed by atoms with Gasteiger partial charge in [-0.05, 0) is 0 Å². The normalized spacial score (nSPS) is 16.4. The molecular weight excluding hydrogens is 1030 g/mol. The lowest BCUT2D eigenvalue weighted by Gasteiger charge is -2.47. The number of nitrogens with zero attached hydrogens (tertiary/aromatic N) is 1. The number of halogens is 33. The van der Waals surface area contributed by atoms with Gasteiger partial charge in [-0.25, -0.2) is 17.5 Å². The van der Waals surface area contributed by atoms with E-state index in [9.17, 15) is 158 Å². The molecule has 0 atom stereocenters. The van der Waals surface area contributed by atoms with Crippen LogP contribution in [0.15, 0.2) is 12.7 Å². The fourth-order valence-corrected chi connectivity index (χ4v) is 5.00. The summed E-state index contributed by atoms with van der Waals surface area (Å²) in [4.78, 5) is 10.9. The Kier molecular flexibility index (Phi) is 15.2. The Morgan fingerprint density at radius 2 is 0.667 bits per heavy atom. The number of likely N-dealkylation sites (N-methyl/N-ethyl adjacent to an activating group) is 1. The molecule has 0 N–H and O–H groups in total. The summed E-state index contributed by atoms with van der Waals surface area (Å²) >= 11 is 0. The molecule has 0 aromatic carbocycles. The van der Waals surface area contributed by atoms with Gasteiger partial charge in [0, 0.05) is 26.1 Å². The summed E-state index contributed by atoms with van der Waals surface area (Å²) in [6.45, 7) is 0.488. The zero-order chi connectivity index (χ0) is 51.9. The summed E-state index contributed by atoms with van der Waals surface area (Å²) in [7, 11) is -5.43. The minimum Gasteiger partial charge on any atom is -0.461 e. The van der Waals surface area contributed by atoms with E-state index in [1.54, 1.807) is 0 Å². The lowest BCUT2D eigenvalue weighted by atomic mass is 9.82. The second-order valence-electron chi connectivity index (χ2n) is 12.0. The van der Waals surface area contributed by atoms with Crippen molar-refractivity contribution in [1.29, 1.82) is 0 Å². The zero-order valence-electron chi connectivity index (χ0n) is 28.6. The van der Waals surface area contributed by atoms with Crippen molar-refractivity contribution in [3.8, 4) is 0 Å². The molecule has 0 spiro atoms. The first-order valence-corrected chi connectivity index (χ1v) is 15.9. The molecule has 0 saturated carbocycles. The molecule has 39 heteroatoms. The van der Waals surface area contributed by atoms with E-state index in [1.165, 1.54) is 0 Å². The second-order valence-corrected chi connectivity index (χ2v) is 14.2. The number of ether oxygens (including phenoxy) is 1. The van der Waals surface area contributed by atoms with Crippen LogP contribution in [-0.4, -0.2) is 140 Å². The van der Waals surface area contributed by atoms with E-state index in [4.69, 9.17) is 0 Å². The van der Waals surface area contributed by atoms with Gasteiger partial charge < -0.3 is 4.74 Å². The molecule has 0 amide bonds. The fourth-order valence-electron chi connectivity index (χ4n) is 3.82. The highest BCUT2D eigenvalue weighted by atomic mass is 32.2. The molecule has 0 unspecified atom stereocenters. The van der Waals surface area contributed by atoms with Crippen LogP contribution in [0.2, 0.25) is 0 Å². The number of esters is 1. The summed E-state index contributed by atoms with van der Waals surface area (Å²) < 4.78 is 480. The van der Waals surface area contributed by atoms with Crippen molar-refractivity contribution in [3.05, 3.63) is 12.7 Å². The lowest BCUT2D eigenvalue weighted by Crippen LogP contribution is -2.80. The Morgan fingerprint density at radius 3 is 0.889 bits per heavy atom.